The number of unbranched alkanes of at least 4 members (excludes halogenated alkanes) is 1. The van der Waals surface area contributed by atoms with Gasteiger partial charge in [-0.2, -0.15) is 0 Å². The number of hydrogen-bond acceptors (Lipinski definition) is 4. The lowest BCUT2D eigenvalue weighted by Gasteiger charge is -2.63. The van der Waals surface area contributed by atoms with E-state index in [0.717, 1.165) is 80.9 Å². The highest BCUT2D eigenvalue weighted by molar-refractivity contribution is 5.13. The lowest BCUT2D eigenvalue weighted by molar-refractivity contribution is -0.142. The SMILES string of the molecule is CC(C)CCC[C@@H](C)[C@H]1CC[C@H]2[C@@H]3[C@H](NCCCNCCCCN)C[C@H]4C[C@@H](O)CC[C@]4(C)[C@H]3CC[C@]12C. The third-order valence-electron chi connectivity index (χ3n) is 12.6. The van der Waals surface area contributed by atoms with Gasteiger partial charge in [-0.05, 0) is 149 Å². The van der Waals surface area contributed by atoms with Crippen molar-refractivity contribution in [3.05, 3.63) is 0 Å². The van der Waals surface area contributed by atoms with Gasteiger partial charge in [0.25, 0.3) is 0 Å². The molecule has 0 amide bonds. The molecule has 0 saturated heterocycles. The molecule has 0 aromatic rings. The van der Waals surface area contributed by atoms with E-state index in [-0.39, 0.29) is 6.10 Å². The zero-order chi connectivity index (χ0) is 27.3. The van der Waals surface area contributed by atoms with Crippen LogP contribution >= 0.6 is 0 Å². The van der Waals surface area contributed by atoms with Crippen molar-refractivity contribution in [2.75, 3.05) is 26.2 Å². The Kier molecular flexibility index (Phi) is 11.1. The molecule has 4 saturated carbocycles. The fourth-order valence-electron chi connectivity index (χ4n) is 10.5. The monoisotopic (exact) mass is 532 g/mol. The van der Waals surface area contributed by atoms with Gasteiger partial charge in [0, 0.05) is 6.04 Å². The van der Waals surface area contributed by atoms with Gasteiger partial charge in [0.05, 0.1) is 6.10 Å². The van der Waals surface area contributed by atoms with Gasteiger partial charge < -0.3 is 21.5 Å². The van der Waals surface area contributed by atoms with Gasteiger partial charge in [-0.1, -0.05) is 53.9 Å². The minimum atomic E-state index is -0.0700. The summed E-state index contributed by atoms with van der Waals surface area (Å²) in [6, 6.07) is 0.639. The maximum atomic E-state index is 10.6. The van der Waals surface area contributed by atoms with Gasteiger partial charge in [0.15, 0.2) is 0 Å². The third-order valence-corrected chi connectivity index (χ3v) is 12.6. The number of rotatable bonds is 14. The van der Waals surface area contributed by atoms with Gasteiger partial charge in [0.1, 0.15) is 0 Å². The number of hydrogen-bond donors (Lipinski definition) is 4. The Labute approximate surface area is 236 Å². The molecule has 0 aliphatic heterocycles. The molecule has 0 bridgehead atoms. The Bertz CT molecular complexity index is 714. The average molecular weight is 532 g/mol. The molecule has 0 aromatic carbocycles. The lowest BCUT2D eigenvalue weighted by Crippen LogP contribution is -2.61. The molecular weight excluding hydrogens is 466 g/mol. The fraction of sp³-hybridized carbons (Fsp3) is 1.00. The zero-order valence-corrected chi connectivity index (χ0v) is 25.9. The first-order valence-electron chi connectivity index (χ1n) is 17.0. The van der Waals surface area contributed by atoms with E-state index in [1.165, 1.54) is 70.6 Å². The molecule has 4 rings (SSSR count). The van der Waals surface area contributed by atoms with E-state index in [1.54, 1.807) is 0 Å². The molecule has 0 aromatic heterocycles. The van der Waals surface area contributed by atoms with Crippen molar-refractivity contribution in [3.8, 4) is 0 Å². The molecule has 4 heteroatoms. The summed E-state index contributed by atoms with van der Waals surface area (Å²) in [5.74, 6) is 5.87. The number of aliphatic hydroxyl groups excluding tert-OH is 1. The summed E-state index contributed by atoms with van der Waals surface area (Å²) in [5.41, 5.74) is 6.61. The van der Waals surface area contributed by atoms with Crippen LogP contribution in [0.2, 0.25) is 0 Å². The van der Waals surface area contributed by atoms with Crippen LogP contribution in [-0.2, 0) is 0 Å². The third kappa shape index (κ3) is 6.66. The molecule has 4 aliphatic rings. The van der Waals surface area contributed by atoms with E-state index in [1.807, 2.05) is 0 Å². The van der Waals surface area contributed by atoms with Crippen molar-refractivity contribution in [2.45, 2.75) is 137 Å². The van der Waals surface area contributed by atoms with Gasteiger partial charge >= 0.3 is 0 Å². The van der Waals surface area contributed by atoms with Crippen molar-refractivity contribution >= 4 is 0 Å². The van der Waals surface area contributed by atoms with E-state index in [9.17, 15) is 5.11 Å². The van der Waals surface area contributed by atoms with Crippen LogP contribution in [-0.4, -0.2) is 43.4 Å². The Morgan fingerprint density at radius 1 is 0.816 bits per heavy atom. The summed E-state index contributed by atoms with van der Waals surface area (Å²) in [6.45, 7) is 16.9. The van der Waals surface area contributed by atoms with Crippen LogP contribution in [0.25, 0.3) is 0 Å². The smallest absolute Gasteiger partial charge is 0.0543 e. The molecule has 4 aliphatic carbocycles. The van der Waals surface area contributed by atoms with E-state index in [4.69, 9.17) is 5.73 Å². The van der Waals surface area contributed by atoms with Crippen LogP contribution in [0, 0.1) is 52.3 Å². The van der Waals surface area contributed by atoms with Crippen LogP contribution < -0.4 is 16.4 Å². The summed E-state index contributed by atoms with van der Waals surface area (Å²) in [5, 5.41) is 18.4. The second-order valence-corrected chi connectivity index (χ2v) is 15.3. The predicted octanol–water partition coefficient (Wildman–Crippen LogP) is 6.76. The molecule has 0 spiro atoms. The first kappa shape index (κ1) is 30.8. The topological polar surface area (TPSA) is 70.3 Å². The summed E-state index contributed by atoms with van der Waals surface area (Å²) >= 11 is 0. The van der Waals surface area contributed by atoms with Crippen molar-refractivity contribution in [1.82, 2.24) is 10.6 Å². The molecule has 4 fully saturated rings. The predicted molar refractivity (Wildman–Crippen MR) is 162 cm³/mol. The van der Waals surface area contributed by atoms with Crippen molar-refractivity contribution in [1.29, 1.82) is 0 Å². The first-order chi connectivity index (χ1) is 18.2. The minimum Gasteiger partial charge on any atom is -0.393 e. The molecule has 5 N–H and O–H groups in total. The van der Waals surface area contributed by atoms with Gasteiger partial charge in [-0.15, -0.1) is 0 Å². The van der Waals surface area contributed by atoms with E-state index in [2.05, 4.69) is 45.3 Å². The van der Waals surface area contributed by atoms with E-state index < -0.39 is 0 Å². The number of nitrogens with two attached hydrogens (primary N) is 1. The lowest BCUT2D eigenvalue weighted by atomic mass is 9.43. The maximum Gasteiger partial charge on any atom is 0.0543 e. The largest absolute Gasteiger partial charge is 0.393 e. The first-order valence-corrected chi connectivity index (χ1v) is 17.0. The van der Waals surface area contributed by atoms with E-state index in [0.29, 0.717) is 22.8 Å². The highest BCUT2D eigenvalue weighted by Crippen LogP contribution is 2.68. The fourth-order valence-corrected chi connectivity index (χ4v) is 10.5. The molecule has 0 unspecified atom stereocenters. The summed E-state index contributed by atoms with van der Waals surface area (Å²) in [7, 11) is 0. The number of nitrogens with one attached hydrogen (secondary N) is 2. The van der Waals surface area contributed by atoms with E-state index >= 15 is 0 Å². The van der Waals surface area contributed by atoms with Crippen LogP contribution in [0.1, 0.15) is 125 Å². The van der Waals surface area contributed by atoms with Crippen LogP contribution in [0.4, 0.5) is 0 Å². The summed E-state index contributed by atoms with van der Waals surface area (Å²) in [6.07, 6.45) is 18.1. The highest BCUT2D eigenvalue weighted by Gasteiger charge is 2.62. The Hall–Kier alpha value is -0.160. The molecule has 38 heavy (non-hydrogen) atoms. The number of fused-ring (bicyclic) bond motifs is 5. The van der Waals surface area contributed by atoms with Crippen LogP contribution in [0.15, 0.2) is 0 Å². The highest BCUT2D eigenvalue weighted by atomic mass is 16.3. The second-order valence-electron chi connectivity index (χ2n) is 15.3. The normalized spacial score (nSPS) is 41.5. The summed E-state index contributed by atoms with van der Waals surface area (Å²) in [4.78, 5) is 0. The maximum absolute atomic E-state index is 10.6. The van der Waals surface area contributed by atoms with Crippen molar-refractivity contribution in [3.63, 3.8) is 0 Å². The second kappa shape index (κ2) is 13.7. The molecule has 0 heterocycles. The van der Waals surface area contributed by atoms with Crippen molar-refractivity contribution < 1.29 is 5.11 Å². The number of aliphatic hydroxyl groups is 1. The summed E-state index contributed by atoms with van der Waals surface area (Å²) < 4.78 is 0. The molecular formula is C34H65N3O. The Balaban J connectivity index is 1.44. The van der Waals surface area contributed by atoms with Gasteiger partial charge in [-0.3, -0.25) is 0 Å². The zero-order valence-electron chi connectivity index (χ0n) is 25.9. The van der Waals surface area contributed by atoms with Gasteiger partial charge in [-0.25, -0.2) is 0 Å². The molecule has 222 valence electrons. The van der Waals surface area contributed by atoms with Crippen LogP contribution in [0.5, 0.6) is 0 Å². The van der Waals surface area contributed by atoms with Crippen molar-refractivity contribution in [2.24, 2.45) is 58.0 Å². The molecule has 0 radical (unpaired) electrons. The quantitative estimate of drug-likeness (QED) is 0.187. The minimum absolute atomic E-state index is 0.0700. The Morgan fingerprint density at radius 2 is 1.55 bits per heavy atom. The average Bonchev–Trinajstić information content (AvgIpc) is 3.23. The Morgan fingerprint density at radius 3 is 2.32 bits per heavy atom. The molecule has 4 nitrogen and oxygen atoms in total. The van der Waals surface area contributed by atoms with Gasteiger partial charge in [0.2, 0.25) is 0 Å². The van der Waals surface area contributed by atoms with Crippen LogP contribution in [0.3, 0.4) is 0 Å². The molecule has 10 atom stereocenters. The standard InChI is InChI=1S/C34H65N3O/c1-24(2)10-8-11-25(3)28-12-13-29-32-30(15-17-34(28,29)5)33(4)16-14-27(38)22-26(33)23-31(32)37-21-9-20-36-19-7-6-18-35/h24-32,36-38H,6-23,35H2,1-5H3/t25-,26-,27+,28-,29+,30+,31-,32+,33+,34-/m1/s1.